The number of carbonyl (C=O) groups excluding carboxylic acids is 2. The summed E-state index contributed by atoms with van der Waals surface area (Å²) in [5, 5.41) is 0. The highest BCUT2D eigenvalue weighted by atomic mass is 16.6. The molecule has 0 bridgehead atoms. The van der Waals surface area contributed by atoms with Gasteiger partial charge in [0.25, 0.3) is 0 Å². The van der Waals surface area contributed by atoms with E-state index < -0.39 is 17.9 Å². The first-order valence-electron chi connectivity index (χ1n) is 9.14. The summed E-state index contributed by atoms with van der Waals surface area (Å²) in [6, 6.07) is 0. The molecule has 8 heteroatoms. The molecule has 0 atom stereocenters. The Kier molecular flexibility index (Phi) is 17.7. The zero-order valence-corrected chi connectivity index (χ0v) is 16.3. The molecule has 0 heterocycles. The Bertz CT molecular complexity index is 320. The van der Waals surface area contributed by atoms with Gasteiger partial charge in [0.05, 0.1) is 39.6 Å². The summed E-state index contributed by atoms with van der Waals surface area (Å²) in [6.07, 6.45) is 3.12. The number of hydrogen-bond acceptors (Lipinski definition) is 8. The van der Waals surface area contributed by atoms with Crippen LogP contribution in [0.5, 0.6) is 0 Å². The lowest BCUT2D eigenvalue weighted by Gasteiger charge is -2.15. The smallest absolute Gasteiger partial charge is 0.320 e. The first kappa shape index (κ1) is 24.8. The maximum Gasteiger partial charge on any atom is 0.320 e. The van der Waals surface area contributed by atoms with Crippen molar-refractivity contribution >= 4 is 11.9 Å². The monoisotopic (exact) mass is 378 g/mol. The second-order valence-electron chi connectivity index (χ2n) is 5.59. The molecule has 0 aliphatic rings. The van der Waals surface area contributed by atoms with Gasteiger partial charge in [-0.25, -0.2) is 0 Å². The molecule has 0 unspecified atom stereocenters. The maximum atomic E-state index is 12.2. The van der Waals surface area contributed by atoms with Crippen LogP contribution in [-0.2, 0) is 38.0 Å². The van der Waals surface area contributed by atoms with E-state index >= 15 is 0 Å². The molecule has 0 aromatic carbocycles. The molecular weight excluding hydrogens is 344 g/mol. The summed E-state index contributed by atoms with van der Waals surface area (Å²) in [7, 11) is 3.16. The van der Waals surface area contributed by atoms with Crippen LogP contribution in [0, 0.1) is 5.92 Å². The number of carbonyl (C=O) groups is 2. The number of rotatable bonds is 18. The van der Waals surface area contributed by atoms with Crippen molar-refractivity contribution in [1.82, 2.24) is 0 Å². The van der Waals surface area contributed by atoms with E-state index in [1.54, 1.807) is 14.2 Å². The first-order valence-corrected chi connectivity index (χ1v) is 9.14. The van der Waals surface area contributed by atoms with Crippen LogP contribution < -0.4 is 0 Å². The zero-order valence-electron chi connectivity index (χ0n) is 16.3. The van der Waals surface area contributed by atoms with Crippen molar-refractivity contribution < 1.29 is 38.0 Å². The average Bonchev–Trinajstić information content (AvgIpc) is 2.64. The normalized spacial score (nSPS) is 10.9. The minimum atomic E-state index is -0.903. The van der Waals surface area contributed by atoms with Gasteiger partial charge in [-0.05, 0) is 6.42 Å². The van der Waals surface area contributed by atoms with Crippen molar-refractivity contribution in [2.24, 2.45) is 5.92 Å². The Labute approximate surface area is 156 Å². The third kappa shape index (κ3) is 14.0. The second kappa shape index (κ2) is 18.6. The molecule has 0 N–H and O–H groups in total. The van der Waals surface area contributed by atoms with Crippen LogP contribution >= 0.6 is 0 Å². The Morgan fingerprint density at radius 3 is 1.58 bits per heavy atom. The van der Waals surface area contributed by atoms with Crippen LogP contribution in [0.1, 0.15) is 32.6 Å². The van der Waals surface area contributed by atoms with Gasteiger partial charge in [0, 0.05) is 14.2 Å². The van der Waals surface area contributed by atoms with Gasteiger partial charge in [-0.2, -0.15) is 0 Å². The molecule has 0 spiro atoms. The van der Waals surface area contributed by atoms with Crippen LogP contribution in [0.25, 0.3) is 0 Å². The minimum Gasteiger partial charge on any atom is -0.463 e. The molecule has 8 nitrogen and oxygen atoms in total. The molecule has 154 valence electrons. The molecule has 0 saturated heterocycles. The van der Waals surface area contributed by atoms with Gasteiger partial charge in [0.15, 0.2) is 5.92 Å². The van der Waals surface area contributed by atoms with Gasteiger partial charge < -0.3 is 28.4 Å². The SMILES string of the molecule is CCCCCC(C(=O)OCCOCCOC)C(=O)OCCOCCOC. The largest absolute Gasteiger partial charge is 0.463 e. The van der Waals surface area contributed by atoms with E-state index in [0.717, 1.165) is 19.3 Å². The number of unbranched alkanes of at least 4 members (excludes halogenated alkanes) is 2. The molecule has 0 aromatic rings. The van der Waals surface area contributed by atoms with Crippen molar-refractivity contribution in [3.05, 3.63) is 0 Å². The van der Waals surface area contributed by atoms with E-state index in [0.29, 0.717) is 32.8 Å². The van der Waals surface area contributed by atoms with Crippen molar-refractivity contribution in [3.8, 4) is 0 Å². The molecule has 26 heavy (non-hydrogen) atoms. The number of esters is 2. The molecule has 0 aromatic heterocycles. The summed E-state index contributed by atoms with van der Waals surface area (Å²) in [5.41, 5.74) is 0. The molecule has 0 aliphatic heterocycles. The van der Waals surface area contributed by atoms with E-state index in [9.17, 15) is 9.59 Å². The Morgan fingerprint density at radius 1 is 0.692 bits per heavy atom. The van der Waals surface area contributed by atoms with Gasteiger partial charge in [-0.1, -0.05) is 26.2 Å². The summed E-state index contributed by atoms with van der Waals surface area (Å²) in [6.45, 7) is 4.59. The predicted molar refractivity (Wildman–Crippen MR) is 94.9 cm³/mol. The minimum absolute atomic E-state index is 0.0975. The molecule has 0 saturated carbocycles. The van der Waals surface area contributed by atoms with E-state index in [1.165, 1.54) is 0 Å². The second-order valence-corrected chi connectivity index (χ2v) is 5.59. The van der Waals surface area contributed by atoms with Gasteiger partial charge in [0.1, 0.15) is 13.2 Å². The average molecular weight is 378 g/mol. The van der Waals surface area contributed by atoms with Gasteiger partial charge in [0.2, 0.25) is 0 Å². The lowest BCUT2D eigenvalue weighted by molar-refractivity contribution is -0.164. The summed E-state index contributed by atoms with van der Waals surface area (Å²) >= 11 is 0. The van der Waals surface area contributed by atoms with E-state index in [1.807, 2.05) is 0 Å². The molecule has 0 aliphatic carbocycles. The molecule has 0 fully saturated rings. The van der Waals surface area contributed by atoms with Crippen molar-refractivity contribution in [1.29, 1.82) is 0 Å². The van der Waals surface area contributed by atoms with Crippen LogP contribution in [-0.4, -0.2) is 79.0 Å². The zero-order chi connectivity index (χ0) is 19.5. The van der Waals surface area contributed by atoms with Crippen molar-refractivity contribution in [2.75, 3.05) is 67.1 Å². The van der Waals surface area contributed by atoms with Crippen LogP contribution in [0.2, 0.25) is 0 Å². The van der Waals surface area contributed by atoms with E-state index in [4.69, 9.17) is 28.4 Å². The fourth-order valence-corrected chi connectivity index (χ4v) is 2.02. The Morgan fingerprint density at radius 2 is 1.15 bits per heavy atom. The van der Waals surface area contributed by atoms with Gasteiger partial charge >= 0.3 is 11.9 Å². The summed E-state index contributed by atoms with van der Waals surface area (Å²) in [5.74, 6) is -2.04. The third-order valence-corrected chi connectivity index (χ3v) is 3.47. The van der Waals surface area contributed by atoms with Crippen molar-refractivity contribution in [3.63, 3.8) is 0 Å². The number of hydrogen-bond donors (Lipinski definition) is 0. The van der Waals surface area contributed by atoms with Crippen LogP contribution in [0.3, 0.4) is 0 Å². The van der Waals surface area contributed by atoms with Gasteiger partial charge in [-0.3, -0.25) is 9.59 Å². The molecule has 0 amide bonds. The highest BCUT2D eigenvalue weighted by molar-refractivity contribution is 5.94. The predicted octanol–water partition coefficient (Wildman–Crippen LogP) is 1.60. The number of ether oxygens (including phenoxy) is 6. The highest BCUT2D eigenvalue weighted by Crippen LogP contribution is 2.14. The number of methoxy groups -OCH3 is 2. The van der Waals surface area contributed by atoms with E-state index in [2.05, 4.69) is 6.92 Å². The summed E-state index contributed by atoms with van der Waals surface area (Å²) in [4.78, 5) is 24.4. The molecule has 0 radical (unpaired) electrons. The Hall–Kier alpha value is -1.22. The molecular formula is C18H34O8. The molecule has 0 rings (SSSR count). The fraction of sp³-hybridized carbons (Fsp3) is 0.889. The maximum absolute atomic E-state index is 12.2. The van der Waals surface area contributed by atoms with Gasteiger partial charge in [-0.15, -0.1) is 0 Å². The highest BCUT2D eigenvalue weighted by Gasteiger charge is 2.29. The first-order chi connectivity index (χ1) is 12.7. The third-order valence-electron chi connectivity index (χ3n) is 3.47. The summed E-state index contributed by atoms with van der Waals surface area (Å²) < 4.78 is 30.4. The quantitative estimate of drug-likeness (QED) is 0.202. The van der Waals surface area contributed by atoms with Crippen LogP contribution in [0.15, 0.2) is 0 Å². The van der Waals surface area contributed by atoms with Crippen molar-refractivity contribution in [2.45, 2.75) is 32.6 Å². The standard InChI is InChI=1S/C18H34O8/c1-4-5-6-7-16(17(19)25-14-12-23-10-8-21-2)18(20)26-15-13-24-11-9-22-3/h16H,4-15H2,1-3H3. The Balaban J connectivity index is 4.17. The van der Waals surface area contributed by atoms with E-state index in [-0.39, 0.29) is 26.4 Å². The lowest BCUT2D eigenvalue weighted by atomic mass is 10.0. The van der Waals surface area contributed by atoms with Crippen LogP contribution in [0.4, 0.5) is 0 Å². The lowest BCUT2D eigenvalue weighted by Crippen LogP contribution is -2.30. The topological polar surface area (TPSA) is 89.5 Å². The fourth-order valence-electron chi connectivity index (χ4n) is 2.02.